The van der Waals surface area contributed by atoms with Crippen molar-refractivity contribution in [2.24, 2.45) is 0 Å². The van der Waals surface area contributed by atoms with Crippen LogP contribution in [0.2, 0.25) is 5.02 Å². The molecule has 0 aliphatic carbocycles. The minimum absolute atomic E-state index is 0.0984. The van der Waals surface area contributed by atoms with Crippen LogP contribution in [-0.2, 0) is 11.4 Å². The molecule has 0 spiro atoms. The topological polar surface area (TPSA) is 91.8 Å². The molecule has 1 aliphatic heterocycles. The zero-order chi connectivity index (χ0) is 27.2. The standard InChI is InChI=1S/C31H28ClN3O4/c32-24-10-5-21(6-11-24)19-28(30(36)34-25-15-17-35(18-16-25)31(37)38)22-8-13-27(14-9-22)39-20-26-12-7-23-3-1-2-4-29(23)33-26/h1-14,19,25H,15-18,20H2,(H,34,36)(H,37,38). The fourth-order valence-corrected chi connectivity index (χ4v) is 4.69. The second-order valence-electron chi connectivity index (χ2n) is 9.44. The Morgan fingerprint density at radius 1 is 0.974 bits per heavy atom. The third-order valence-electron chi connectivity index (χ3n) is 6.73. The van der Waals surface area contributed by atoms with Gasteiger partial charge in [-0.3, -0.25) is 4.79 Å². The van der Waals surface area contributed by atoms with Crippen molar-refractivity contribution in [2.75, 3.05) is 13.1 Å². The number of piperidine rings is 1. The number of rotatable bonds is 7. The summed E-state index contributed by atoms with van der Waals surface area (Å²) in [6, 6.07) is 26.5. The molecule has 2 amide bonds. The van der Waals surface area contributed by atoms with E-state index in [-0.39, 0.29) is 11.9 Å². The number of amides is 2. The van der Waals surface area contributed by atoms with Crippen molar-refractivity contribution in [3.05, 3.63) is 107 Å². The lowest BCUT2D eigenvalue weighted by atomic mass is 9.99. The highest BCUT2D eigenvalue weighted by molar-refractivity contribution is 6.30. The minimum atomic E-state index is -0.929. The first-order chi connectivity index (χ1) is 18.9. The largest absolute Gasteiger partial charge is 0.487 e. The van der Waals surface area contributed by atoms with Crippen LogP contribution < -0.4 is 10.1 Å². The molecule has 7 nitrogen and oxygen atoms in total. The molecule has 1 saturated heterocycles. The number of hydrogen-bond acceptors (Lipinski definition) is 4. The number of carbonyl (C=O) groups excluding carboxylic acids is 1. The summed E-state index contributed by atoms with van der Waals surface area (Å²) in [5, 5.41) is 14.0. The van der Waals surface area contributed by atoms with Crippen molar-refractivity contribution in [3.8, 4) is 5.75 Å². The Morgan fingerprint density at radius 3 is 2.41 bits per heavy atom. The number of aromatic nitrogens is 1. The number of halogens is 1. The molecular weight excluding hydrogens is 514 g/mol. The molecule has 0 atom stereocenters. The third-order valence-corrected chi connectivity index (χ3v) is 6.99. The highest BCUT2D eigenvalue weighted by atomic mass is 35.5. The average molecular weight is 542 g/mol. The number of benzene rings is 3. The Balaban J connectivity index is 1.30. The number of carbonyl (C=O) groups is 2. The molecule has 0 radical (unpaired) electrons. The molecule has 1 aromatic heterocycles. The van der Waals surface area contributed by atoms with Gasteiger partial charge in [0.25, 0.3) is 5.91 Å². The first kappa shape index (κ1) is 26.3. The smallest absolute Gasteiger partial charge is 0.407 e. The van der Waals surface area contributed by atoms with Gasteiger partial charge in [0.2, 0.25) is 0 Å². The van der Waals surface area contributed by atoms with Crippen LogP contribution in [0, 0.1) is 0 Å². The summed E-state index contributed by atoms with van der Waals surface area (Å²) in [5.41, 5.74) is 3.83. The highest BCUT2D eigenvalue weighted by Crippen LogP contribution is 2.24. The molecule has 0 bridgehead atoms. The minimum Gasteiger partial charge on any atom is -0.487 e. The fraction of sp³-hybridized carbons (Fsp3) is 0.194. The van der Waals surface area contributed by atoms with Crippen molar-refractivity contribution in [3.63, 3.8) is 0 Å². The van der Waals surface area contributed by atoms with Crippen LogP contribution in [0.4, 0.5) is 4.79 Å². The second kappa shape index (κ2) is 12.0. The van der Waals surface area contributed by atoms with E-state index in [4.69, 9.17) is 16.3 Å². The van der Waals surface area contributed by atoms with E-state index in [2.05, 4.69) is 10.3 Å². The van der Waals surface area contributed by atoms with Crippen molar-refractivity contribution in [1.29, 1.82) is 0 Å². The lowest BCUT2D eigenvalue weighted by Gasteiger charge is -2.30. The van der Waals surface area contributed by atoms with E-state index in [9.17, 15) is 14.7 Å². The van der Waals surface area contributed by atoms with E-state index in [0.29, 0.717) is 48.9 Å². The average Bonchev–Trinajstić information content (AvgIpc) is 2.96. The van der Waals surface area contributed by atoms with E-state index in [0.717, 1.165) is 27.7 Å². The SMILES string of the molecule is O=C(NC1CCN(C(=O)O)CC1)C(=Cc1ccc(Cl)cc1)c1ccc(OCc2ccc3ccccc3n2)cc1. The summed E-state index contributed by atoms with van der Waals surface area (Å²) in [6.45, 7) is 1.12. The number of nitrogens with zero attached hydrogens (tertiary/aromatic N) is 2. The van der Waals surface area contributed by atoms with Gasteiger partial charge in [-0.2, -0.15) is 0 Å². The quantitative estimate of drug-likeness (QED) is 0.213. The highest BCUT2D eigenvalue weighted by Gasteiger charge is 2.24. The van der Waals surface area contributed by atoms with Crippen LogP contribution >= 0.6 is 11.6 Å². The summed E-state index contributed by atoms with van der Waals surface area (Å²) in [7, 11) is 0. The van der Waals surface area contributed by atoms with Gasteiger partial charge in [0, 0.05) is 35.1 Å². The van der Waals surface area contributed by atoms with Crippen LogP contribution in [0.3, 0.4) is 0 Å². The van der Waals surface area contributed by atoms with Crippen LogP contribution in [0.5, 0.6) is 5.75 Å². The normalized spacial score (nSPS) is 14.3. The van der Waals surface area contributed by atoms with Crippen LogP contribution in [-0.4, -0.2) is 46.1 Å². The van der Waals surface area contributed by atoms with Crippen LogP contribution in [0.25, 0.3) is 22.6 Å². The van der Waals surface area contributed by atoms with E-state index < -0.39 is 6.09 Å². The number of fused-ring (bicyclic) bond motifs is 1. The number of ether oxygens (including phenoxy) is 1. The fourth-order valence-electron chi connectivity index (χ4n) is 4.56. The van der Waals surface area contributed by atoms with E-state index in [1.165, 1.54) is 4.90 Å². The van der Waals surface area contributed by atoms with Crippen molar-refractivity contribution < 1.29 is 19.4 Å². The zero-order valence-electron chi connectivity index (χ0n) is 21.2. The molecule has 3 aromatic carbocycles. The number of para-hydroxylation sites is 1. The molecule has 1 fully saturated rings. The number of hydrogen-bond donors (Lipinski definition) is 2. The molecule has 39 heavy (non-hydrogen) atoms. The zero-order valence-corrected chi connectivity index (χ0v) is 22.0. The van der Waals surface area contributed by atoms with Crippen molar-refractivity contribution >= 4 is 46.2 Å². The molecule has 5 rings (SSSR count). The molecule has 0 unspecified atom stereocenters. The lowest BCUT2D eigenvalue weighted by molar-refractivity contribution is -0.116. The molecule has 2 heterocycles. The van der Waals surface area contributed by atoms with Gasteiger partial charge in [0.15, 0.2) is 0 Å². The Bertz CT molecular complexity index is 1490. The maximum Gasteiger partial charge on any atom is 0.407 e. The Hall–Kier alpha value is -4.36. The van der Waals surface area contributed by atoms with Gasteiger partial charge >= 0.3 is 6.09 Å². The Kier molecular flexibility index (Phi) is 8.08. The predicted molar refractivity (Wildman–Crippen MR) is 153 cm³/mol. The van der Waals surface area contributed by atoms with Crippen molar-refractivity contribution in [1.82, 2.24) is 15.2 Å². The number of nitrogens with one attached hydrogen (secondary N) is 1. The lowest BCUT2D eigenvalue weighted by Crippen LogP contribution is -2.46. The van der Waals surface area contributed by atoms with Gasteiger partial charge in [-0.1, -0.05) is 60.1 Å². The number of likely N-dealkylation sites (tertiary alicyclic amines) is 1. The molecule has 1 aliphatic rings. The monoisotopic (exact) mass is 541 g/mol. The Labute approximate surface area is 231 Å². The number of pyridine rings is 1. The molecular formula is C31H28ClN3O4. The molecule has 2 N–H and O–H groups in total. The predicted octanol–water partition coefficient (Wildman–Crippen LogP) is 6.27. The summed E-state index contributed by atoms with van der Waals surface area (Å²) < 4.78 is 5.97. The molecule has 0 saturated carbocycles. The van der Waals surface area contributed by atoms with E-state index in [1.807, 2.05) is 78.9 Å². The summed E-state index contributed by atoms with van der Waals surface area (Å²) in [6.07, 6.45) is 2.04. The van der Waals surface area contributed by atoms with Gasteiger partial charge < -0.3 is 20.1 Å². The van der Waals surface area contributed by atoms with Crippen LogP contribution in [0.15, 0.2) is 84.9 Å². The summed E-state index contributed by atoms with van der Waals surface area (Å²) in [5.74, 6) is 0.453. The molecule has 198 valence electrons. The Morgan fingerprint density at radius 2 is 1.69 bits per heavy atom. The van der Waals surface area contributed by atoms with Crippen LogP contribution in [0.1, 0.15) is 29.7 Å². The first-order valence-corrected chi connectivity index (χ1v) is 13.2. The van der Waals surface area contributed by atoms with Gasteiger partial charge in [-0.25, -0.2) is 9.78 Å². The van der Waals surface area contributed by atoms with Gasteiger partial charge in [-0.15, -0.1) is 0 Å². The summed E-state index contributed by atoms with van der Waals surface area (Å²) >= 11 is 6.05. The maximum absolute atomic E-state index is 13.4. The first-order valence-electron chi connectivity index (χ1n) is 12.8. The van der Waals surface area contributed by atoms with E-state index in [1.54, 1.807) is 12.1 Å². The van der Waals surface area contributed by atoms with Gasteiger partial charge in [0.05, 0.1) is 11.2 Å². The van der Waals surface area contributed by atoms with Gasteiger partial charge in [0.1, 0.15) is 12.4 Å². The second-order valence-corrected chi connectivity index (χ2v) is 9.87. The van der Waals surface area contributed by atoms with Crippen molar-refractivity contribution in [2.45, 2.75) is 25.5 Å². The third kappa shape index (κ3) is 6.75. The van der Waals surface area contributed by atoms with Gasteiger partial charge in [-0.05, 0) is 66.4 Å². The molecule has 4 aromatic rings. The number of carboxylic acid groups (broad SMARTS) is 1. The maximum atomic E-state index is 13.4. The molecule has 8 heteroatoms. The summed E-state index contributed by atoms with van der Waals surface area (Å²) in [4.78, 5) is 30.7. The van der Waals surface area contributed by atoms with E-state index >= 15 is 0 Å².